The minimum Gasteiger partial charge on any atom is -0.481 e. The number of carboxylic acid groups (broad SMARTS) is 1. The Kier molecular flexibility index (Phi) is 3.45. The first-order chi connectivity index (χ1) is 9.22. The van der Waals surface area contributed by atoms with Crippen LogP contribution < -0.4 is 5.32 Å². The quantitative estimate of drug-likeness (QED) is 0.876. The average molecular weight is 259 g/mol. The second kappa shape index (κ2) is 5.24. The third-order valence-corrected chi connectivity index (χ3v) is 4.55. The topological polar surface area (TPSA) is 49.3 Å². The van der Waals surface area contributed by atoms with E-state index in [4.69, 9.17) is 5.11 Å². The maximum absolute atomic E-state index is 10.9. The lowest BCUT2D eigenvalue weighted by molar-refractivity contribution is -0.142. The first-order valence-electron chi connectivity index (χ1n) is 7.33. The predicted octanol–water partition coefficient (Wildman–Crippen LogP) is 3.23. The van der Waals surface area contributed by atoms with Gasteiger partial charge in [0.2, 0.25) is 0 Å². The van der Waals surface area contributed by atoms with Crippen LogP contribution in [0.3, 0.4) is 0 Å². The van der Waals surface area contributed by atoms with E-state index in [0.717, 1.165) is 25.7 Å². The molecule has 2 aliphatic carbocycles. The number of rotatable bonds is 3. The fourth-order valence-corrected chi connectivity index (χ4v) is 3.38. The molecular weight excluding hydrogens is 238 g/mol. The van der Waals surface area contributed by atoms with Crippen molar-refractivity contribution in [3.63, 3.8) is 0 Å². The molecule has 0 aromatic heterocycles. The van der Waals surface area contributed by atoms with E-state index < -0.39 is 5.97 Å². The van der Waals surface area contributed by atoms with Gasteiger partial charge in [-0.05, 0) is 68.2 Å². The number of fused-ring (bicyclic) bond motifs is 1. The van der Waals surface area contributed by atoms with Crippen molar-refractivity contribution >= 4 is 11.7 Å². The number of aliphatic carboxylic acids is 1. The highest BCUT2D eigenvalue weighted by molar-refractivity contribution is 5.70. The van der Waals surface area contributed by atoms with Gasteiger partial charge in [-0.3, -0.25) is 4.79 Å². The molecule has 0 heterocycles. The van der Waals surface area contributed by atoms with Crippen molar-refractivity contribution < 1.29 is 9.90 Å². The Morgan fingerprint density at radius 3 is 2.58 bits per heavy atom. The molecule has 1 fully saturated rings. The van der Waals surface area contributed by atoms with Crippen molar-refractivity contribution in [2.24, 2.45) is 5.92 Å². The zero-order chi connectivity index (χ0) is 13.2. The van der Waals surface area contributed by atoms with Gasteiger partial charge in [0.1, 0.15) is 0 Å². The van der Waals surface area contributed by atoms with Gasteiger partial charge in [0.25, 0.3) is 0 Å². The summed E-state index contributed by atoms with van der Waals surface area (Å²) < 4.78 is 0. The Balaban J connectivity index is 1.59. The number of carbonyl (C=O) groups is 1. The van der Waals surface area contributed by atoms with Crippen LogP contribution in [0.15, 0.2) is 18.2 Å². The van der Waals surface area contributed by atoms with Gasteiger partial charge in [0, 0.05) is 11.7 Å². The molecule has 0 bridgehead atoms. The molecule has 0 amide bonds. The van der Waals surface area contributed by atoms with Crippen molar-refractivity contribution in [2.75, 3.05) is 5.32 Å². The van der Waals surface area contributed by atoms with Gasteiger partial charge in [-0.1, -0.05) is 6.07 Å². The van der Waals surface area contributed by atoms with Gasteiger partial charge in [0.05, 0.1) is 5.92 Å². The van der Waals surface area contributed by atoms with Crippen LogP contribution in [0.4, 0.5) is 5.69 Å². The second-order valence-electron chi connectivity index (χ2n) is 5.87. The van der Waals surface area contributed by atoms with Crippen LogP contribution in [0.25, 0.3) is 0 Å². The first-order valence-corrected chi connectivity index (χ1v) is 7.33. The van der Waals surface area contributed by atoms with E-state index in [9.17, 15) is 4.79 Å². The highest BCUT2D eigenvalue weighted by Gasteiger charge is 2.25. The average Bonchev–Trinajstić information content (AvgIpc) is 2.87. The summed E-state index contributed by atoms with van der Waals surface area (Å²) in [7, 11) is 0. The number of aryl methyl sites for hydroxylation is 2. The Labute approximate surface area is 114 Å². The number of anilines is 1. The van der Waals surface area contributed by atoms with Crippen molar-refractivity contribution in [1.82, 2.24) is 0 Å². The molecule has 19 heavy (non-hydrogen) atoms. The Bertz CT molecular complexity index is 476. The van der Waals surface area contributed by atoms with Gasteiger partial charge in [-0.25, -0.2) is 0 Å². The van der Waals surface area contributed by atoms with Crippen molar-refractivity contribution in [1.29, 1.82) is 0 Å². The summed E-state index contributed by atoms with van der Waals surface area (Å²) in [5.41, 5.74) is 4.20. The lowest BCUT2D eigenvalue weighted by atomic mass is 9.86. The number of hydrogen-bond acceptors (Lipinski definition) is 2. The van der Waals surface area contributed by atoms with Crippen LogP contribution in [0.1, 0.15) is 43.2 Å². The molecule has 2 aliphatic rings. The van der Waals surface area contributed by atoms with Crippen LogP contribution in [0.5, 0.6) is 0 Å². The third kappa shape index (κ3) is 2.75. The molecule has 0 aliphatic heterocycles. The van der Waals surface area contributed by atoms with E-state index in [1.807, 2.05) is 0 Å². The lowest BCUT2D eigenvalue weighted by Crippen LogP contribution is -2.29. The number of nitrogens with one attached hydrogen (secondary N) is 1. The van der Waals surface area contributed by atoms with Crippen molar-refractivity contribution in [3.8, 4) is 0 Å². The minimum atomic E-state index is -0.629. The zero-order valence-corrected chi connectivity index (χ0v) is 11.2. The predicted molar refractivity (Wildman–Crippen MR) is 75.5 cm³/mol. The molecule has 0 radical (unpaired) electrons. The Morgan fingerprint density at radius 2 is 1.84 bits per heavy atom. The zero-order valence-electron chi connectivity index (χ0n) is 11.2. The molecule has 0 spiro atoms. The van der Waals surface area contributed by atoms with E-state index in [2.05, 4.69) is 23.5 Å². The summed E-state index contributed by atoms with van der Waals surface area (Å²) in [4.78, 5) is 10.9. The Hall–Kier alpha value is -1.51. The van der Waals surface area contributed by atoms with Crippen molar-refractivity contribution in [2.45, 2.75) is 51.0 Å². The molecule has 102 valence electrons. The van der Waals surface area contributed by atoms with E-state index in [1.54, 1.807) is 0 Å². The van der Waals surface area contributed by atoms with Crippen LogP contribution in [-0.2, 0) is 17.6 Å². The molecule has 3 rings (SSSR count). The molecule has 1 aromatic rings. The largest absolute Gasteiger partial charge is 0.481 e. The fourth-order valence-electron chi connectivity index (χ4n) is 3.38. The highest BCUT2D eigenvalue weighted by Crippen LogP contribution is 2.29. The molecule has 2 N–H and O–H groups in total. The fraction of sp³-hybridized carbons (Fsp3) is 0.562. The van der Waals surface area contributed by atoms with Crippen LogP contribution in [0.2, 0.25) is 0 Å². The molecule has 0 unspecified atom stereocenters. The highest BCUT2D eigenvalue weighted by atomic mass is 16.4. The van der Waals surface area contributed by atoms with Gasteiger partial charge in [-0.15, -0.1) is 0 Å². The van der Waals surface area contributed by atoms with Crippen LogP contribution in [0, 0.1) is 5.92 Å². The summed E-state index contributed by atoms with van der Waals surface area (Å²) in [5.74, 6) is -0.756. The molecule has 1 saturated carbocycles. The number of benzene rings is 1. The smallest absolute Gasteiger partial charge is 0.306 e. The van der Waals surface area contributed by atoms with Crippen LogP contribution in [-0.4, -0.2) is 17.1 Å². The van der Waals surface area contributed by atoms with Gasteiger partial charge >= 0.3 is 5.97 Å². The SMILES string of the molecule is O=C(O)C1CCC(Nc2ccc3c(c2)CCC3)CC1. The number of carboxylic acids is 1. The maximum atomic E-state index is 10.9. The van der Waals surface area contributed by atoms with E-state index in [0.29, 0.717) is 6.04 Å². The minimum absolute atomic E-state index is 0.127. The standard InChI is InChI=1S/C16H21NO2/c18-16(19)12-5-7-14(8-6-12)17-15-9-4-11-2-1-3-13(11)10-15/h4,9-10,12,14,17H,1-3,5-8H2,(H,18,19). The summed E-state index contributed by atoms with van der Waals surface area (Å²) in [6.45, 7) is 0. The molecule has 3 heteroatoms. The van der Waals surface area contributed by atoms with Crippen LogP contribution >= 0.6 is 0 Å². The monoisotopic (exact) mass is 259 g/mol. The summed E-state index contributed by atoms with van der Waals surface area (Å²) in [6, 6.07) is 7.14. The first kappa shape index (κ1) is 12.5. The summed E-state index contributed by atoms with van der Waals surface area (Å²) in [5, 5.41) is 12.6. The lowest BCUT2D eigenvalue weighted by Gasteiger charge is -2.27. The summed E-state index contributed by atoms with van der Waals surface area (Å²) in [6.07, 6.45) is 7.25. The van der Waals surface area contributed by atoms with E-state index in [-0.39, 0.29) is 5.92 Å². The Morgan fingerprint density at radius 1 is 1.11 bits per heavy atom. The molecule has 0 saturated heterocycles. The molecule has 1 aromatic carbocycles. The van der Waals surface area contributed by atoms with E-state index >= 15 is 0 Å². The summed E-state index contributed by atoms with van der Waals surface area (Å²) >= 11 is 0. The second-order valence-corrected chi connectivity index (χ2v) is 5.87. The molecular formula is C16H21NO2. The normalized spacial score (nSPS) is 25.9. The van der Waals surface area contributed by atoms with Gasteiger partial charge in [0.15, 0.2) is 0 Å². The van der Waals surface area contributed by atoms with E-state index in [1.165, 1.54) is 36.1 Å². The molecule has 3 nitrogen and oxygen atoms in total. The molecule has 0 atom stereocenters. The third-order valence-electron chi connectivity index (χ3n) is 4.55. The van der Waals surface area contributed by atoms with Gasteiger partial charge < -0.3 is 10.4 Å². The van der Waals surface area contributed by atoms with Gasteiger partial charge in [-0.2, -0.15) is 0 Å². The van der Waals surface area contributed by atoms with Crippen molar-refractivity contribution in [3.05, 3.63) is 29.3 Å². The number of hydrogen-bond donors (Lipinski definition) is 2. The maximum Gasteiger partial charge on any atom is 0.306 e.